The number of hydrogen-bond donors (Lipinski definition) is 2. The Hall–Kier alpha value is -3.94. The lowest BCUT2D eigenvalue weighted by Crippen LogP contribution is -2.09. The molecule has 0 saturated carbocycles. The Morgan fingerprint density at radius 3 is 2.06 bits per heavy atom. The number of ether oxygens (including phenoxy) is 2. The number of benzene rings is 1. The highest BCUT2D eigenvalue weighted by molar-refractivity contribution is 5.91. The van der Waals surface area contributed by atoms with E-state index in [-0.39, 0.29) is 17.3 Å². The third-order valence-corrected chi connectivity index (χ3v) is 4.94. The molecular formula is C26H29NO7. The summed E-state index contributed by atoms with van der Waals surface area (Å²) in [6, 6.07) is 8.01. The number of aliphatic hydroxyl groups is 2. The van der Waals surface area contributed by atoms with E-state index < -0.39 is 11.9 Å². The number of esters is 1. The van der Waals surface area contributed by atoms with Crippen LogP contribution in [0.2, 0.25) is 0 Å². The van der Waals surface area contributed by atoms with E-state index in [0.29, 0.717) is 55.4 Å². The third kappa shape index (κ3) is 8.54. The van der Waals surface area contributed by atoms with Crippen molar-refractivity contribution in [2.45, 2.75) is 44.4 Å². The van der Waals surface area contributed by atoms with Crippen LogP contribution < -0.4 is 9.47 Å². The molecule has 0 atom stereocenters. The van der Waals surface area contributed by atoms with E-state index in [0.717, 1.165) is 12.6 Å². The largest absolute Gasteiger partial charge is 0.513 e. The number of allylic oxidation sites excluding steroid dienone is 4. The first-order chi connectivity index (χ1) is 16.5. The first-order valence-corrected chi connectivity index (χ1v) is 10.9. The van der Waals surface area contributed by atoms with Crippen molar-refractivity contribution in [3.8, 4) is 11.5 Å². The highest BCUT2D eigenvalue weighted by Crippen LogP contribution is 2.33. The number of rotatable bonds is 14. The Morgan fingerprint density at radius 2 is 1.53 bits per heavy atom. The maximum Gasteiger partial charge on any atom is 0.343 e. The monoisotopic (exact) mass is 467 g/mol. The standard InChI is InChI=1S/C26H29NO7/c1-33-25-18-20(8-9-24(25)34-26(32)19-10-12-27-13-11-19)21(16-22(30)6-2-4-14-28)17-23(31)7-3-5-15-29/h8-18,21,30-31H,2-7H2,1H3. The minimum absolute atomic E-state index is 0.0796. The molecule has 8 heteroatoms. The second-order valence-corrected chi connectivity index (χ2v) is 7.50. The Morgan fingerprint density at radius 1 is 0.941 bits per heavy atom. The van der Waals surface area contributed by atoms with Gasteiger partial charge < -0.3 is 29.3 Å². The van der Waals surface area contributed by atoms with Crippen LogP contribution in [0.4, 0.5) is 0 Å². The molecule has 0 bridgehead atoms. The Labute approximate surface area is 198 Å². The molecule has 2 rings (SSSR count). The van der Waals surface area contributed by atoms with Crippen molar-refractivity contribution < 1.29 is 34.1 Å². The lowest BCUT2D eigenvalue weighted by molar-refractivity contribution is -0.108. The summed E-state index contributed by atoms with van der Waals surface area (Å²) >= 11 is 0. The fourth-order valence-electron chi connectivity index (χ4n) is 3.18. The molecular weight excluding hydrogens is 438 g/mol. The zero-order valence-corrected chi connectivity index (χ0v) is 19.1. The van der Waals surface area contributed by atoms with Crippen LogP contribution in [0.5, 0.6) is 11.5 Å². The fraction of sp³-hybridized carbons (Fsp3) is 0.308. The van der Waals surface area contributed by atoms with Crippen LogP contribution in [0.3, 0.4) is 0 Å². The molecule has 34 heavy (non-hydrogen) atoms. The topological polar surface area (TPSA) is 123 Å². The number of unbranched alkanes of at least 4 members (excludes halogenated alkanes) is 2. The number of aliphatic hydroxyl groups excluding tert-OH is 2. The number of aromatic nitrogens is 1. The number of methoxy groups -OCH3 is 1. The summed E-state index contributed by atoms with van der Waals surface area (Å²) in [7, 11) is 1.44. The van der Waals surface area contributed by atoms with Gasteiger partial charge in [-0.05, 0) is 54.8 Å². The van der Waals surface area contributed by atoms with Crippen LogP contribution in [0.15, 0.2) is 66.4 Å². The lowest BCUT2D eigenvalue weighted by Gasteiger charge is -2.15. The highest BCUT2D eigenvalue weighted by atomic mass is 16.6. The first kappa shape index (κ1) is 26.3. The zero-order chi connectivity index (χ0) is 24.8. The quantitative estimate of drug-likeness (QED) is 0.131. The minimum Gasteiger partial charge on any atom is -0.513 e. The van der Waals surface area contributed by atoms with Gasteiger partial charge in [0, 0.05) is 44.0 Å². The Kier molecular flexibility index (Phi) is 11.0. The maximum absolute atomic E-state index is 12.4. The van der Waals surface area contributed by atoms with Crippen molar-refractivity contribution in [3.05, 3.63) is 77.5 Å². The van der Waals surface area contributed by atoms with Crippen molar-refractivity contribution in [2.24, 2.45) is 0 Å². The van der Waals surface area contributed by atoms with Crippen LogP contribution >= 0.6 is 0 Å². The van der Waals surface area contributed by atoms with E-state index in [1.807, 2.05) is 0 Å². The van der Waals surface area contributed by atoms with E-state index in [1.54, 1.807) is 30.4 Å². The van der Waals surface area contributed by atoms with Crippen molar-refractivity contribution in [1.82, 2.24) is 4.98 Å². The molecule has 1 aromatic carbocycles. The molecule has 8 nitrogen and oxygen atoms in total. The van der Waals surface area contributed by atoms with Crippen molar-refractivity contribution in [2.75, 3.05) is 7.11 Å². The molecule has 0 aliphatic carbocycles. The van der Waals surface area contributed by atoms with E-state index in [1.165, 1.54) is 31.6 Å². The van der Waals surface area contributed by atoms with Gasteiger partial charge >= 0.3 is 5.97 Å². The zero-order valence-electron chi connectivity index (χ0n) is 19.1. The molecule has 0 radical (unpaired) electrons. The number of carbonyl (C=O) groups excluding carboxylic acids is 3. The second kappa shape index (κ2) is 14.3. The van der Waals surface area contributed by atoms with Gasteiger partial charge in [-0.3, -0.25) is 4.98 Å². The van der Waals surface area contributed by atoms with Gasteiger partial charge in [-0.2, -0.15) is 0 Å². The molecule has 0 unspecified atom stereocenters. The number of aldehydes is 2. The fourth-order valence-corrected chi connectivity index (χ4v) is 3.18. The summed E-state index contributed by atoms with van der Waals surface area (Å²) < 4.78 is 10.9. The van der Waals surface area contributed by atoms with Crippen LogP contribution in [-0.4, -0.2) is 40.8 Å². The average molecular weight is 468 g/mol. The van der Waals surface area contributed by atoms with E-state index in [2.05, 4.69) is 4.98 Å². The molecule has 2 N–H and O–H groups in total. The van der Waals surface area contributed by atoms with Gasteiger partial charge in [0.05, 0.1) is 24.2 Å². The summed E-state index contributed by atoms with van der Waals surface area (Å²) in [6.07, 6.45) is 10.0. The van der Waals surface area contributed by atoms with Gasteiger partial charge in [-0.1, -0.05) is 6.07 Å². The number of hydrogen-bond acceptors (Lipinski definition) is 8. The molecule has 0 fully saturated rings. The number of nitrogens with zero attached hydrogens (tertiary/aromatic N) is 1. The predicted molar refractivity (Wildman–Crippen MR) is 126 cm³/mol. The molecule has 180 valence electrons. The highest BCUT2D eigenvalue weighted by Gasteiger charge is 2.16. The minimum atomic E-state index is -0.564. The molecule has 0 aliphatic heterocycles. The van der Waals surface area contributed by atoms with E-state index in [9.17, 15) is 24.6 Å². The van der Waals surface area contributed by atoms with Gasteiger partial charge in [0.25, 0.3) is 0 Å². The van der Waals surface area contributed by atoms with Gasteiger partial charge in [0.1, 0.15) is 12.6 Å². The first-order valence-electron chi connectivity index (χ1n) is 10.9. The van der Waals surface area contributed by atoms with Crippen LogP contribution in [0.1, 0.15) is 60.4 Å². The van der Waals surface area contributed by atoms with Crippen molar-refractivity contribution in [1.29, 1.82) is 0 Å². The summed E-state index contributed by atoms with van der Waals surface area (Å²) in [6.45, 7) is 0. The molecule has 0 saturated heterocycles. The third-order valence-electron chi connectivity index (χ3n) is 4.94. The molecule has 0 spiro atoms. The Bertz CT molecular complexity index is 985. The molecule has 0 amide bonds. The van der Waals surface area contributed by atoms with Gasteiger partial charge in [0.2, 0.25) is 0 Å². The smallest absolute Gasteiger partial charge is 0.343 e. The SMILES string of the molecule is COc1cc(C(C=C(O)CCCC=O)C=C(O)CCCC=O)ccc1OC(=O)c1ccncc1. The second-order valence-electron chi connectivity index (χ2n) is 7.50. The average Bonchev–Trinajstić information content (AvgIpc) is 2.84. The van der Waals surface area contributed by atoms with E-state index in [4.69, 9.17) is 9.47 Å². The van der Waals surface area contributed by atoms with Crippen LogP contribution in [-0.2, 0) is 9.59 Å². The van der Waals surface area contributed by atoms with Crippen LogP contribution in [0.25, 0.3) is 0 Å². The van der Waals surface area contributed by atoms with Gasteiger partial charge in [-0.25, -0.2) is 4.79 Å². The summed E-state index contributed by atoms with van der Waals surface area (Å²) in [5.41, 5.74) is 1.01. The summed E-state index contributed by atoms with van der Waals surface area (Å²) in [5.74, 6) is -0.415. The van der Waals surface area contributed by atoms with E-state index >= 15 is 0 Å². The maximum atomic E-state index is 12.4. The summed E-state index contributed by atoms with van der Waals surface area (Å²) in [4.78, 5) is 37.4. The van der Waals surface area contributed by atoms with Gasteiger partial charge in [0.15, 0.2) is 11.5 Å². The lowest BCUT2D eigenvalue weighted by atomic mass is 9.95. The van der Waals surface area contributed by atoms with Gasteiger partial charge in [-0.15, -0.1) is 0 Å². The Balaban J connectivity index is 2.31. The molecule has 2 aromatic rings. The predicted octanol–water partition coefficient (Wildman–Crippen LogP) is 5.02. The number of carbonyl (C=O) groups is 3. The molecule has 1 aromatic heterocycles. The molecule has 0 aliphatic rings. The van der Waals surface area contributed by atoms with Crippen molar-refractivity contribution >= 4 is 18.5 Å². The normalized spacial score (nSPS) is 12.6. The van der Waals surface area contributed by atoms with Crippen molar-refractivity contribution in [3.63, 3.8) is 0 Å². The molecule has 1 heterocycles. The summed E-state index contributed by atoms with van der Waals surface area (Å²) in [5, 5.41) is 20.7. The van der Waals surface area contributed by atoms with Crippen LogP contribution in [0, 0.1) is 0 Å². The number of pyridine rings is 1.